The molecule has 0 unspecified atom stereocenters. The first kappa shape index (κ1) is 8.24. The average molecular weight is 158 g/mol. The predicted octanol–water partition coefficient (Wildman–Crippen LogP) is 1.46. The summed E-state index contributed by atoms with van der Waals surface area (Å²) in [4.78, 5) is 10.8. The van der Waals surface area contributed by atoms with Crippen LogP contribution in [0.4, 0.5) is 4.39 Å². The highest BCUT2D eigenvalue weighted by Gasteiger charge is 2.27. The van der Waals surface area contributed by atoms with E-state index < -0.39 is 12.1 Å². The summed E-state index contributed by atoms with van der Waals surface area (Å²) in [5.74, 6) is -0.485. The molecule has 0 aromatic carbocycles. The number of carbonyl (C=O) groups is 1. The third kappa shape index (κ3) is 1.59. The number of ether oxygens (including phenoxy) is 1. The maximum Gasteiger partial charge on any atom is 0.333 e. The SMILES string of the molecule is COC(=O)C1=C[C@@H](F)[C@@H](C)C1. The van der Waals surface area contributed by atoms with Crippen LogP contribution in [0.3, 0.4) is 0 Å². The van der Waals surface area contributed by atoms with E-state index in [4.69, 9.17) is 0 Å². The summed E-state index contributed by atoms with van der Waals surface area (Å²) in [6.45, 7) is 1.77. The number of esters is 1. The Balaban J connectivity index is 2.63. The molecule has 0 radical (unpaired) electrons. The van der Waals surface area contributed by atoms with Crippen LogP contribution in [-0.4, -0.2) is 19.3 Å². The van der Waals surface area contributed by atoms with Crippen molar-refractivity contribution in [1.29, 1.82) is 0 Å². The summed E-state index contributed by atoms with van der Waals surface area (Å²) in [6, 6.07) is 0. The van der Waals surface area contributed by atoms with Gasteiger partial charge in [-0.05, 0) is 18.4 Å². The van der Waals surface area contributed by atoms with Gasteiger partial charge in [-0.25, -0.2) is 9.18 Å². The van der Waals surface area contributed by atoms with E-state index in [1.165, 1.54) is 13.2 Å². The second-order valence-electron chi connectivity index (χ2n) is 2.81. The molecular formula is C8H11FO2. The van der Waals surface area contributed by atoms with Crippen LogP contribution in [0, 0.1) is 5.92 Å². The Kier molecular flexibility index (Phi) is 2.27. The van der Waals surface area contributed by atoms with Crippen molar-refractivity contribution in [2.75, 3.05) is 7.11 Å². The van der Waals surface area contributed by atoms with E-state index in [0.717, 1.165) is 0 Å². The number of methoxy groups -OCH3 is 1. The van der Waals surface area contributed by atoms with Crippen molar-refractivity contribution >= 4 is 5.97 Å². The van der Waals surface area contributed by atoms with Crippen LogP contribution in [0.2, 0.25) is 0 Å². The first-order valence-electron chi connectivity index (χ1n) is 3.58. The third-order valence-electron chi connectivity index (χ3n) is 1.89. The molecule has 0 saturated heterocycles. The highest BCUT2D eigenvalue weighted by atomic mass is 19.1. The van der Waals surface area contributed by atoms with Gasteiger partial charge in [0.1, 0.15) is 6.17 Å². The van der Waals surface area contributed by atoms with Gasteiger partial charge in [0, 0.05) is 5.57 Å². The lowest BCUT2D eigenvalue weighted by molar-refractivity contribution is -0.136. The van der Waals surface area contributed by atoms with E-state index in [-0.39, 0.29) is 5.92 Å². The quantitative estimate of drug-likeness (QED) is 0.540. The Bertz CT molecular complexity index is 198. The standard InChI is InChI=1S/C8H11FO2/c1-5-3-6(4-7(5)9)8(10)11-2/h4-5,7H,3H2,1-2H3/t5-,7+/m0/s1. The highest BCUT2D eigenvalue weighted by Crippen LogP contribution is 2.27. The first-order valence-corrected chi connectivity index (χ1v) is 3.58. The van der Waals surface area contributed by atoms with Crippen molar-refractivity contribution in [1.82, 2.24) is 0 Å². The lowest BCUT2D eigenvalue weighted by Gasteiger charge is -2.02. The summed E-state index contributed by atoms with van der Waals surface area (Å²) in [5, 5.41) is 0. The summed E-state index contributed by atoms with van der Waals surface area (Å²) in [7, 11) is 1.30. The van der Waals surface area contributed by atoms with Gasteiger partial charge < -0.3 is 4.74 Å². The molecule has 62 valence electrons. The maximum atomic E-state index is 12.8. The Morgan fingerprint density at radius 1 is 1.82 bits per heavy atom. The zero-order valence-electron chi connectivity index (χ0n) is 6.63. The maximum absolute atomic E-state index is 12.8. The zero-order chi connectivity index (χ0) is 8.43. The van der Waals surface area contributed by atoms with Gasteiger partial charge in [0.15, 0.2) is 0 Å². The van der Waals surface area contributed by atoms with Gasteiger partial charge in [-0.15, -0.1) is 0 Å². The lowest BCUT2D eigenvalue weighted by atomic mass is 10.1. The van der Waals surface area contributed by atoms with Crippen LogP contribution in [0.1, 0.15) is 13.3 Å². The molecule has 0 spiro atoms. The minimum atomic E-state index is -0.982. The molecule has 1 rings (SSSR count). The van der Waals surface area contributed by atoms with Crippen LogP contribution in [0.5, 0.6) is 0 Å². The van der Waals surface area contributed by atoms with E-state index in [2.05, 4.69) is 4.74 Å². The molecule has 0 N–H and O–H groups in total. The van der Waals surface area contributed by atoms with Crippen molar-refractivity contribution in [3.8, 4) is 0 Å². The molecule has 0 aromatic rings. The van der Waals surface area contributed by atoms with Gasteiger partial charge in [0.25, 0.3) is 0 Å². The van der Waals surface area contributed by atoms with Gasteiger partial charge in [-0.2, -0.15) is 0 Å². The van der Waals surface area contributed by atoms with Gasteiger partial charge in [-0.1, -0.05) is 6.92 Å². The molecule has 1 aliphatic carbocycles. The third-order valence-corrected chi connectivity index (χ3v) is 1.89. The Morgan fingerprint density at radius 2 is 2.45 bits per heavy atom. The van der Waals surface area contributed by atoms with Gasteiger partial charge in [-0.3, -0.25) is 0 Å². The Hall–Kier alpha value is -0.860. The van der Waals surface area contributed by atoms with Crippen molar-refractivity contribution in [2.24, 2.45) is 5.92 Å². The molecule has 0 amide bonds. The highest BCUT2D eigenvalue weighted by molar-refractivity contribution is 5.89. The van der Waals surface area contributed by atoms with Crippen LogP contribution in [-0.2, 0) is 9.53 Å². The summed E-state index contributed by atoms with van der Waals surface area (Å²) < 4.78 is 17.2. The predicted molar refractivity (Wildman–Crippen MR) is 38.8 cm³/mol. The van der Waals surface area contributed by atoms with Gasteiger partial charge in [0.05, 0.1) is 7.11 Å². The molecule has 11 heavy (non-hydrogen) atoms. The van der Waals surface area contributed by atoms with Crippen molar-refractivity contribution in [2.45, 2.75) is 19.5 Å². The number of carbonyl (C=O) groups excluding carboxylic acids is 1. The molecule has 1 aliphatic rings. The molecule has 0 aromatic heterocycles. The fourth-order valence-corrected chi connectivity index (χ4v) is 1.17. The second-order valence-corrected chi connectivity index (χ2v) is 2.81. The molecule has 3 heteroatoms. The van der Waals surface area contributed by atoms with Crippen LogP contribution < -0.4 is 0 Å². The van der Waals surface area contributed by atoms with Gasteiger partial charge in [0.2, 0.25) is 0 Å². The van der Waals surface area contributed by atoms with Crippen LogP contribution in [0.25, 0.3) is 0 Å². The largest absolute Gasteiger partial charge is 0.466 e. The number of rotatable bonds is 1. The smallest absolute Gasteiger partial charge is 0.333 e. The molecule has 0 aliphatic heterocycles. The summed E-state index contributed by atoms with van der Waals surface area (Å²) in [6.07, 6.45) is 0.855. The number of halogens is 1. The molecule has 0 fully saturated rings. The summed E-state index contributed by atoms with van der Waals surface area (Å²) >= 11 is 0. The molecule has 0 heterocycles. The van der Waals surface area contributed by atoms with E-state index in [1.807, 2.05) is 0 Å². The molecule has 2 atom stereocenters. The van der Waals surface area contributed by atoms with E-state index >= 15 is 0 Å². The number of allylic oxidation sites excluding steroid dienone is 1. The summed E-state index contributed by atoms with van der Waals surface area (Å²) in [5.41, 5.74) is 0.465. The Morgan fingerprint density at radius 3 is 2.82 bits per heavy atom. The second kappa shape index (κ2) is 3.03. The fourth-order valence-electron chi connectivity index (χ4n) is 1.17. The van der Waals surface area contributed by atoms with Crippen molar-refractivity contribution in [3.63, 3.8) is 0 Å². The minimum absolute atomic E-state index is 0.0795. The van der Waals surface area contributed by atoms with E-state index in [9.17, 15) is 9.18 Å². The number of alkyl halides is 1. The van der Waals surface area contributed by atoms with E-state index in [1.54, 1.807) is 6.92 Å². The fraction of sp³-hybridized carbons (Fsp3) is 0.625. The molecule has 2 nitrogen and oxygen atoms in total. The van der Waals surface area contributed by atoms with Crippen LogP contribution in [0.15, 0.2) is 11.6 Å². The van der Waals surface area contributed by atoms with Crippen molar-refractivity contribution in [3.05, 3.63) is 11.6 Å². The topological polar surface area (TPSA) is 26.3 Å². The minimum Gasteiger partial charge on any atom is -0.466 e. The van der Waals surface area contributed by atoms with Gasteiger partial charge >= 0.3 is 5.97 Å². The lowest BCUT2D eigenvalue weighted by Crippen LogP contribution is -2.04. The number of hydrogen-bond acceptors (Lipinski definition) is 2. The molecule has 0 bridgehead atoms. The first-order chi connectivity index (χ1) is 5.15. The van der Waals surface area contributed by atoms with Crippen LogP contribution >= 0.6 is 0 Å². The molecular weight excluding hydrogens is 147 g/mol. The Labute approximate surface area is 65.0 Å². The molecule has 0 saturated carbocycles. The average Bonchev–Trinajstić information content (AvgIpc) is 2.31. The van der Waals surface area contributed by atoms with E-state index in [0.29, 0.717) is 12.0 Å². The number of hydrogen-bond donors (Lipinski definition) is 0. The normalized spacial score (nSPS) is 29.9. The monoisotopic (exact) mass is 158 g/mol. The zero-order valence-corrected chi connectivity index (χ0v) is 6.63. The van der Waals surface area contributed by atoms with Crippen molar-refractivity contribution < 1.29 is 13.9 Å².